The Labute approximate surface area is 114 Å². The van der Waals surface area contributed by atoms with E-state index in [2.05, 4.69) is 0 Å². The fourth-order valence-electron chi connectivity index (χ4n) is 2.55. The van der Waals surface area contributed by atoms with Gasteiger partial charge in [-0.1, -0.05) is 18.2 Å². The summed E-state index contributed by atoms with van der Waals surface area (Å²) in [6.45, 7) is 1.54. The zero-order chi connectivity index (χ0) is 13.7. The lowest BCUT2D eigenvalue weighted by Gasteiger charge is -2.30. The lowest BCUT2D eigenvalue weighted by molar-refractivity contribution is -0.132. The van der Waals surface area contributed by atoms with Gasteiger partial charge in [-0.25, -0.2) is 0 Å². The minimum atomic E-state index is 0.143. The normalized spacial score (nSPS) is 19.3. The topological polar surface area (TPSA) is 55.6 Å². The first kappa shape index (κ1) is 13.9. The zero-order valence-electron chi connectivity index (χ0n) is 11.5. The van der Waals surface area contributed by atoms with E-state index in [1.54, 1.807) is 7.11 Å². The van der Waals surface area contributed by atoms with Gasteiger partial charge in [0.2, 0.25) is 5.91 Å². The van der Waals surface area contributed by atoms with E-state index in [4.69, 9.17) is 10.5 Å². The van der Waals surface area contributed by atoms with Gasteiger partial charge < -0.3 is 15.4 Å². The highest BCUT2D eigenvalue weighted by atomic mass is 16.5. The maximum absolute atomic E-state index is 12.1. The average molecular weight is 262 g/mol. The van der Waals surface area contributed by atoms with Crippen molar-refractivity contribution in [1.82, 2.24) is 4.90 Å². The third-order valence-corrected chi connectivity index (χ3v) is 3.61. The molecule has 0 aliphatic carbocycles. The molecular weight excluding hydrogens is 240 g/mol. The first-order chi connectivity index (χ1) is 9.20. The van der Waals surface area contributed by atoms with Crippen molar-refractivity contribution in [2.45, 2.75) is 31.7 Å². The lowest BCUT2D eigenvalue weighted by Crippen LogP contribution is -2.45. The number of nitrogens with zero attached hydrogens (tertiary/aromatic N) is 1. The summed E-state index contributed by atoms with van der Waals surface area (Å²) in [7, 11) is 1.66. The highest BCUT2D eigenvalue weighted by Crippen LogP contribution is 2.19. The van der Waals surface area contributed by atoms with Crippen LogP contribution in [0.4, 0.5) is 0 Å². The molecule has 1 aromatic rings. The SMILES string of the molecule is COc1ccccc1CCC(=O)N1CCCC(N)C1. The Hall–Kier alpha value is -1.55. The van der Waals surface area contributed by atoms with Crippen molar-refractivity contribution in [3.63, 3.8) is 0 Å². The number of likely N-dealkylation sites (tertiary alicyclic amines) is 1. The summed E-state index contributed by atoms with van der Waals surface area (Å²) in [6.07, 6.45) is 3.28. The van der Waals surface area contributed by atoms with E-state index in [1.807, 2.05) is 29.2 Å². The Morgan fingerprint density at radius 2 is 2.26 bits per heavy atom. The number of methoxy groups -OCH3 is 1. The number of piperidine rings is 1. The number of para-hydroxylation sites is 1. The van der Waals surface area contributed by atoms with E-state index >= 15 is 0 Å². The third-order valence-electron chi connectivity index (χ3n) is 3.61. The first-order valence-electron chi connectivity index (χ1n) is 6.86. The molecule has 1 saturated heterocycles. The fourth-order valence-corrected chi connectivity index (χ4v) is 2.55. The zero-order valence-corrected chi connectivity index (χ0v) is 11.5. The molecule has 1 aromatic carbocycles. The second-order valence-electron chi connectivity index (χ2n) is 5.05. The van der Waals surface area contributed by atoms with Gasteiger partial charge in [-0.3, -0.25) is 4.79 Å². The van der Waals surface area contributed by atoms with Crippen LogP contribution in [0, 0.1) is 0 Å². The smallest absolute Gasteiger partial charge is 0.222 e. The molecule has 0 spiro atoms. The van der Waals surface area contributed by atoms with Crippen LogP contribution in [0.2, 0.25) is 0 Å². The van der Waals surface area contributed by atoms with Gasteiger partial charge in [0, 0.05) is 25.6 Å². The van der Waals surface area contributed by atoms with Crippen LogP contribution in [0.1, 0.15) is 24.8 Å². The molecule has 2 rings (SSSR count). The molecular formula is C15H22N2O2. The van der Waals surface area contributed by atoms with Crippen molar-refractivity contribution in [3.05, 3.63) is 29.8 Å². The van der Waals surface area contributed by atoms with Crippen LogP contribution in [0.3, 0.4) is 0 Å². The van der Waals surface area contributed by atoms with Crippen LogP contribution in [0.25, 0.3) is 0 Å². The Morgan fingerprint density at radius 3 is 3.00 bits per heavy atom. The number of nitrogens with two attached hydrogens (primary N) is 1. The maximum atomic E-state index is 12.1. The molecule has 1 aliphatic heterocycles. The van der Waals surface area contributed by atoms with Gasteiger partial charge in [0.15, 0.2) is 0 Å². The molecule has 19 heavy (non-hydrogen) atoms. The third kappa shape index (κ3) is 3.70. The standard InChI is InChI=1S/C15H22N2O2/c1-19-14-7-3-2-5-12(14)8-9-15(18)17-10-4-6-13(16)11-17/h2-3,5,7,13H,4,6,8-11,16H2,1H3. The van der Waals surface area contributed by atoms with Gasteiger partial charge in [-0.15, -0.1) is 0 Å². The number of aryl methyl sites for hydroxylation is 1. The quantitative estimate of drug-likeness (QED) is 0.896. The predicted molar refractivity (Wildman–Crippen MR) is 75.1 cm³/mol. The van der Waals surface area contributed by atoms with Crippen LogP contribution in [-0.4, -0.2) is 37.0 Å². The van der Waals surface area contributed by atoms with Crippen molar-refractivity contribution < 1.29 is 9.53 Å². The predicted octanol–water partition coefficient (Wildman–Crippen LogP) is 1.58. The number of ether oxygens (including phenoxy) is 1. The molecule has 4 heteroatoms. The number of benzene rings is 1. The number of hydrogen-bond donors (Lipinski definition) is 1. The molecule has 0 saturated carbocycles. The van der Waals surface area contributed by atoms with Gasteiger partial charge in [0.05, 0.1) is 7.11 Å². The molecule has 1 amide bonds. The minimum absolute atomic E-state index is 0.143. The number of hydrogen-bond acceptors (Lipinski definition) is 3. The number of amides is 1. The van der Waals surface area contributed by atoms with Gasteiger partial charge in [0.25, 0.3) is 0 Å². The monoisotopic (exact) mass is 262 g/mol. The fraction of sp³-hybridized carbons (Fsp3) is 0.533. The van der Waals surface area contributed by atoms with Gasteiger partial charge in [-0.2, -0.15) is 0 Å². The van der Waals surface area contributed by atoms with Gasteiger partial charge in [0.1, 0.15) is 5.75 Å². The van der Waals surface area contributed by atoms with Crippen LogP contribution >= 0.6 is 0 Å². The highest BCUT2D eigenvalue weighted by molar-refractivity contribution is 5.76. The van der Waals surface area contributed by atoms with Crippen molar-refractivity contribution in [1.29, 1.82) is 0 Å². The minimum Gasteiger partial charge on any atom is -0.496 e. The summed E-state index contributed by atoms with van der Waals surface area (Å²) in [6, 6.07) is 7.99. The van der Waals surface area contributed by atoms with E-state index in [0.717, 1.165) is 30.7 Å². The van der Waals surface area contributed by atoms with E-state index in [1.165, 1.54) is 0 Å². The molecule has 104 valence electrons. The maximum Gasteiger partial charge on any atom is 0.222 e. The summed E-state index contributed by atoms with van der Waals surface area (Å²) in [4.78, 5) is 14.0. The molecule has 4 nitrogen and oxygen atoms in total. The summed E-state index contributed by atoms with van der Waals surface area (Å²) >= 11 is 0. The molecule has 0 bridgehead atoms. The Bertz CT molecular complexity index is 434. The molecule has 1 fully saturated rings. The molecule has 1 atom stereocenters. The molecule has 1 heterocycles. The van der Waals surface area contributed by atoms with Crippen LogP contribution in [0.5, 0.6) is 5.75 Å². The summed E-state index contributed by atoms with van der Waals surface area (Å²) < 4.78 is 5.30. The van der Waals surface area contributed by atoms with Crippen LogP contribution in [0.15, 0.2) is 24.3 Å². The van der Waals surface area contributed by atoms with Crippen LogP contribution < -0.4 is 10.5 Å². The molecule has 0 aromatic heterocycles. The molecule has 1 aliphatic rings. The second-order valence-corrected chi connectivity index (χ2v) is 5.05. The highest BCUT2D eigenvalue weighted by Gasteiger charge is 2.21. The lowest BCUT2D eigenvalue weighted by atomic mass is 10.0. The van der Waals surface area contributed by atoms with Crippen molar-refractivity contribution >= 4 is 5.91 Å². The Morgan fingerprint density at radius 1 is 1.47 bits per heavy atom. The Kier molecular flexibility index (Phi) is 4.80. The van der Waals surface area contributed by atoms with E-state index in [-0.39, 0.29) is 11.9 Å². The molecule has 0 radical (unpaired) electrons. The van der Waals surface area contributed by atoms with Crippen molar-refractivity contribution in [2.75, 3.05) is 20.2 Å². The number of carbonyl (C=O) groups excluding carboxylic acids is 1. The second kappa shape index (κ2) is 6.57. The largest absolute Gasteiger partial charge is 0.496 e. The summed E-state index contributed by atoms with van der Waals surface area (Å²) in [5.74, 6) is 1.05. The van der Waals surface area contributed by atoms with E-state index < -0.39 is 0 Å². The molecule has 2 N–H and O–H groups in total. The number of carbonyl (C=O) groups is 1. The van der Waals surface area contributed by atoms with Gasteiger partial charge >= 0.3 is 0 Å². The average Bonchev–Trinajstić information content (AvgIpc) is 2.45. The van der Waals surface area contributed by atoms with Crippen molar-refractivity contribution in [3.8, 4) is 5.75 Å². The van der Waals surface area contributed by atoms with E-state index in [0.29, 0.717) is 19.4 Å². The van der Waals surface area contributed by atoms with Crippen LogP contribution in [-0.2, 0) is 11.2 Å². The van der Waals surface area contributed by atoms with E-state index in [9.17, 15) is 4.79 Å². The van der Waals surface area contributed by atoms with Gasteiger partial charge in [-0.05, 0) is 30.9 Å². The molecule has 1 unspecified atom stereocenters. The van der Waals surface area contributed by atoms with Crippen molar-refractivity contribution in [2.24, 2.45) is 5.73 Å². The number of rotatable bonds is 4. The Balaban J connectivity index is 1.89. The first-order valence-corrected chi connectivity index (χ1v) is 6.86. The summed E-state index contributed by atoms with van der Waals surface area (Å²) in [5.41, 5.74) is 6.98. The summed E-state index contributed by atoms with van der Waals surface area (Å²) in [5, 5.41) is 0.